The second-order valence-electron chi connectivity index (χ2n) is 7.05. The number of rotatable bonds is 5. The van der Waals surface area contributed by atoms with Crippen molar-refractivity contribution in [1.82, 2.24) is 15.0 Å². The summed E-state index contributed by atoms with van der Waals surface area (Å²) in [5.74, 6) is 1.81. The van der Waals surface area contributed by atoms with Crippen molar-refractivity contribution in [3.63, 3.8) is 0 Å². The number of anilines is 2. The third-order valence-electron chi connectivity index (χ3n) is 5.01. The monoisotopic (exact) mass is 385 g/mol. The number of fused-ring (bicyclic) bond motifs is 1. The zero-order valence-corrected chi connectivity index (χ0v) is 15.8. The van der Waals surface area contributed by atoms with Crippen LogP contribution in [0.3, 0.4) is 0 Å². The van der Waals surface area contributed by atoms with E-state index >= 15 is 0 Å². The number of hydrogen-bond donors (Lipinski definition) is 2. The molecule has 0 atom stereocenters. The Morgan fingerprint density at radius 3 is 2.69 bits per heavy atom. The van der Waals surface area contributed by atoms with Crippen LogP contribution in [0.25, 0.3) is 33.5 Å². The number of carbonyl (C=O) groups excluding carboxylic acids is 1. The molecule has 0 bridgehead atoms. The van der Waals surface area contributed by atoms with Crippen molar-refractivity contribution in [3.05, 3.63) is 55.1 Å². The van der Waals surface area contributed by atoms with Crippen LogP contribution in [0.15, 0.2) is 59.5 Å². The maximum atomic E-state index is 12.1. The highest BCUT2D eigenvalue weighted by Gasteiger charge is 2.30. The second kappa shape index (κ2) is 7.01. The number of oxazole rings is 1. The molecule has 1 fully saturated rings. The minimum Gasteiger partial charge on any atom is -0.444 e. The molecule has 4 aromatic rings. The number of hydrogen-bond acceptors (Lipinski definition) is 6. The first-order valence-electron chi connectivity index (χ1n) is 9.51. The van der Waals surface area contributed by atoms with Gasteiger partial charge in [-0.2, -0.15) is 0 Å². The van der Waals surface area contributed by atoms with E-state index in [0.717, 1.165) is 40.4 Å². The lowest BCUT2D eigenvalue weighted by atomic mass is 10.1. The van der Waals surface area contributed by atoms with Crippen molar-refractivity contribution < 1.29 is 9.21 Å². The topological polar surface area (TPSA) is 92.9 Å². The first kappa shape index (κ1) is 17.4. The van der Waals surface area contributed by atoms with Gasteiger partial charge >= 0.3 is 0 Å². The standard InChI is InChI=1S/C22H19N5O2/c1-23-20-16-10-24-19(27-21(28)14-7-8-14)9-15(16)17(11-25-20)22-26-18(12-29-22)13-5-3-2-4-6-13/h2-6,9-12,14H,7-8H2,1H3,(H,23,25)(H,24,27,28). The Labute approximate surface area is 167 Å². The maximum absolute atomic E-state index is 12.1. The van der Waals surface area contributed by atoms with Gasteiger partial charge in [-0.1, -0.05) is 30.3 Å². The van der Waals surface area contributed by atoms with Gasteiger partial charge in [-0.05, 0) is 18.9 Å². The van der Waals surface area contributed by atoms with Gasteiger partial charge in [0.05, 0.1) is 5.56 Å². The minimum absolute atomic E-state index is 0.0174. The van der Waals surface area contributed by atoms with Gasteiger partial charge in [0.25, 0.3) is 0 Å². The Morgan fingerprint density at radius 2 is 1.93 bits per heavy atom. The summed E-state index contributed by atoms with van der Waals surface area (Å²) in [6.07, 6.45) is 6.95. The molecule has 29 heavy (non-hydrogen) atoms. The van der Waals surface area contributed by atoms with Gasteiger partial charge in [0.1, 0.15) is 23.6 Å². The summed E-state index contributed by atoms with van der Waals surface area (Å²) < 4.78 is 5.78. The van der Waals surface area contributed by atoms with E-state index in [0.29, 0.717) is 17.5 Å². The first-order chi connectivity index (χ1) is 14.2. The average Bonchev–Trinajstić information content (AvgIpc) is 3.51. The molecule has 0 unspecified atom stereocenters. The van der Waals surface area contributed by atoms with E-state index in [1.165, 1.54) is 0 Å². The number of benzene rings is 1. The lowest BCUT2D eigenvalue weighted by Crippen LogP contribution is -2.14. The van der Waals surface area contributed by atoms with Crippen molar-refractivity contribution in [2.75, 3.05) is 17.7 Å². The smallest absolute Gasteiger partial charge is 0.228 e. The number of nitrogens with zero attached hydrogens (tertiary/aromatic N) is 3. The quantitative estimate of drug-likeness (QED) is 0.531. The van der Waals surface area contributed by atoms with Crippen molar-refractivity contribution in [1.29, 1.82) is 0 Å². The molecule has 0 aliphatic heterocycles. The van der Waals surface area contributed by atoms with Crippen LogP contribution in [-0.2, 0) is 4.79 Å². The van der Waals surface area contributed by atoms with E-state index in [2.05, 4.69) is 25.6 Å². The van der Waals surface area contributed by atoms with Crippen LogP contribution < -0.4 is 10.6 Å². The average molecular weight is 385 g/mol. The van der Waals surface area contributed by atoms with Crippen LogP contribution in [0, 0.1) is 5.92 Å². The molecule has 1 aromatic carbocycles. The second-order valence-corrected chi connectivity index (χ2v) is 7.05. The minimum atomic E-state index is 0.0174. The van der Waals surface area contributed by atoms with Crippen LogP contribution in [0.2, 0.25) is 0 Å². The molecule has 3 aromatic heterocycles. The summed E-state index contributed by atoms with van der Waals surface area (Å²) >= 11 is 0. The Kier molecular flexibility index (Phi) is 4.20. The predicted molar refractivity (Wildman–Crippen MR) is 111 cm³/mol. The fraction of sp³-hybridized carbons (Fsp3) is 0.182. The largest absolute Gasteiger partial charge is 0.444 e. The Balaban J connectivity index is 1.59. The summed E-state index contributed by atoms with van der Waals surface area (Å²) in [5.41, 5.74) is 2.47. The lowest BCUT2D eigenvalue weighted by molar-refractivity contribution is -0.117. The highest BCUT2D eigenvalue weighted by atomic mass is 16.3. The molecule has 1 saturated carbocycles. The van der Waals surface area contributed by atoms with E-state index in [1.54, 1.807) is 18.7 Å². The molecular formula is C22H19N5O2. The molecule has 144 valence electrons. The van der Waals surface area contributed by atoms with Gasteiger partial charge < -0.3 is 15.1 Å². The molecule has 1 aliphatic carbocycles. The fourth-order valence-electron chi connectivity index (χ4n) is 3.29. The number of carbonyl (C=O) groups is 1. The maximum Gasteiger partial charge on any atom is 0.228 e. The van der Waals surface area contributed by atoms with Crippen LogP contribution in [0.5, 0.6) is 0 Å². The highest BCUT2D eigenvalue weighted by Crippen LogP contribution is 2.34. The van der Waals surface area contributed by atoms with E-state index in [1.807, 2.05) is 43.4 Å². The summed E-state index contributed by atoms with van der Waals surface area (Å²) in [5, 5.41) is 7.66. The summed E-state index contributed by atoms with van der Waals surface area (Å²) in [6.45, 7) is 0. The predicted octanol–water partition coefficient (Wildman–Crippen LogP) is 4.34. The SMILES string of the molecule is CNc1ncc(-c2nc(-c3ccccc3)co2)c2cc(NC(=O)C3CC3)ncc12. The normalized spacial score (nSPS) is 13.4. The number of pyridine rings is 2. The summed E-state index contributed by atoms with van der Waals surface area (Å²) in [6, 6.07) is 11.7. The Hall–Kier alpha value is -3.74. The van der Waals surface area contributed by atoms with E-state index in [4.69, 9.17) is 4.42 Å². The Bertz CT molecular complexity index is 1200. The zero-order chi connectivity index (χ0) is 19.8. The summed E-state index contributed by atoms with van der Waals surface area (Å²) in [4.78, 5) is 25.7. The van der Waals surface area contributed by atoms with Gasteiger partial charge in [-0.3, -0.25) is 4.79 Å². The van der Waals surface area contributed by atoms with Gasteiger partial charge in [-0.15, -0.1) is 0 Å². The summed E-state index contributed by atoms with van der Waals surface area (Å²) in [7, 11) is 1.81. The number of amides is 1. The molecule has 0 spiro atoms. The molecule has 7 heteroatoms. The van der Waals surface area contributed by atoms with Gasteiger partial charge in [0.2, 0.25) is 11.8 Å². The molecule has 1 aliphatic rings. The number of nitrogens with one attached hydrogen (secondary N) is 2. The van der Waals surface area contributed by atoms with E-state index in [-0.39, 0.29) is 11.8 Å². The van der Waals surface area contributed by atoms with Crippen LogP contribution >= 0.6 is 0 Å². The molecule has 2 N–H and O–H groups in total. The highest BCUT2D eigenvalue weighted by molar-refractivity contribution is 6.03. The molecular weight excluding hydrogens is 366 g/mol. The molecule has 7 nitrogen and oxygen atoms in total. The van der Waals surface area contributed by atoms with Gasteiger partial charge in [0.15, 0.2) is 0 Å². The van der Waals surface area contributed by atoms with Crippen molar-refractivity contribution >= 4 is 28.3 Å². The molecule has 3 heterocycles. The third-order valence-corrected chi connectivity index (χ3v) is 5.01. The van der Waals surface area contributed by atoms with Crippen molar-refractivity contribution in [2.24, 2.45) is 5.92 Å². The third kappa shape index (κ3) is 3.31. The molecule has 0 saturated heterocycles. The number of aromatic nitrogens is 3. The van der Waals surface area contributed by atoms with Crippen LogP contribution in [0.4, 0.5) is 11.6 Å². The van der Waals surface area contributed by atoms with Gasteiger partial charge in [-0.25, -0.2) is 15.0 Å². The van der Waals surface area contributed by atoms with Crippen LogP contribution in [-0.4, -0.2) is 27.9 Å². The van der Waals surface area contributed by atoms with Gasteiger partial charge in [0, 0.05) is 41.7 Å². The first-order valence-corrected chi connectivity index (χ1v) is 9.51. The fourth-order valence-corrected chi connectivity index (χ4v) is 3.29. The van der Waals surface area contributed by atoms with Crippen molar-refractivity contribution in [3.8, 4) is 22.7 Å². The van der Waals surface area contributed by atoms with E-state index < -0.39 is 0 Å². The molecule has 0 radical (unpaired) electrons. The Morgan fingerprint density at radius 1 is 1.10 bits per heavy atom. The molecule has 1 amide bonds. The van der Waals surface area contributed by atoms with E-state index in [9.17, 15) is 4.79 Å². The van der Waals surface area contributed by atoms with Crippen LogP contribution in [0.1, 0.15) is 12.8 Å². The lowest BCUT2D eigenvalue weighted by Gasteiger charge is -2.10. The zero-order valence-electron chi connectivity index (χ0n) is 15.8. The van der Waals surface area contributed by atoms with Crippen molar-refractivity contribution in [2.45, 2.75) is 12.8 Å². The molecule has 5 rings (SSSR count).